The maximum atomic E-state index is 5.08. The Balaban J connectivity index is 0.955. The summed E-state index contributed by atoms with van der Waals surface area (Å²) in [5, 5.41) is 0. The van der Waals surface area contributed by atoms with Gasteiger partial charge in [0.25, 0.3) is 0 Å². The fraction of sp³-hybridized carbons (Fsp3) is 0.0172. The van der Waals surface area contributed by atoms with E-state index in [1.807, 2.05) is 36.4 Å². The highest BCUT2D eigenvalue weighted by Gasteiger charge is 2.46. The monoisotopic (exact) mass is 777 g/mol. The fourth-order valence-electron chi connectivity index (χ4n) is 9.08. The zero-order valence-corrected chi connectivity index (χ0v) is 33.4. The summed E-state index contributed by atoms with van der Waals surface area (Å²) in [4.78, 5) is 15.1. The van der Waals surface area contributed by atoms with Crippen LogP contribution in [0.15, 0.2) is 237 Å². The van der Waals surface area contributed by atoms with Gasteiger partial charge in [-0.1, -0.05) is 231 Å². The van der Waals surface area contributed by atoms with Crippen LogP contribution in [0.4, 0.5) is 0 Å². The molecular weight excluding hydrogens is 739 g/mol. The summed E-state index contributed by atoms with van der Waals surface area (Å²) >= 11 is 0. The second kappa shape index (κ2) is 15.3. The second-order valence-corrected chi connectivity index (χ2v) is 15.6. The minimum Gasteiger partial charge on any atom is -0.208 e. The summed E-state index contributed by atoms with van der Waals surface area (Å²) in [6, 6.07) is 84.2. The summed E-state index contributed by atoms with van der Waals surface area (Å²) in [6.07, 6.45) is 0. The van der Waals surface area contributed by atoms with Crippen molar-refractivity contribution in [2.75, 3.05) is 0 Å². The summed E-state index contributed by atoms with van der Waals surface area (Å²) < 4.78 is 0. The van der Waals surface area contributed by atoms with Gasteiger partial charge in [-0.3, -0.25) is 0 Å². The van der Waals surface area contributed by atoms with Crippen LogP contribution < -0.4 is 0 Å². The van der Waals surface area contributed by atoms with Crippen LogP contribution in [-0.2, 0) is 5.41 Å². The highest BCUT2D eigenvalue weighted by Crippen LogP contribution is 2.56. The Bertz CT molecular complexity index is 3090. The molecule has 0 radical (unpaired) electrons. The van der Waals surface area contributed by atoms with E-state index in [-0.39, 0.29) is 0 Å². The van der Waals surface area contributed by atoms with Crippen molar-refractivity contribution >= 4 is 0 Å². The van der Waals surface area contributed by atoms with Gasteiger partial charge in [0, 0.05) is 16.7 Å². The predicted octanol–water partition coefficient (Wildman–Crippen LogP) is 14.2. The smallest absolute Gasteiger partial charge is 0.164 e. The third-order valence-corrected chi connectivity index (χ3v) is 12.1. The zero-order chi connectivity index (χ0) is 40.6. The number of hydrogen-bond donors (Lipinski definition) is 0. The van der Waals surface area contributed by atoms with Crippen LogP contribution >= 0.6 is 0 Å². The van der Waals surface area contributed by atoms with Crippen molar-refractivity contribution in [1.82, 2.24) is 15.0 Å². The Labute approximate surface area is 356 Å². The Kier molecular flexibility index (Phi) is 9.05. The highest BCUT2D eigenvalue weighted by atomic mass is 15.0. The molecule has 9 aromatic carbocycles. The lowest BCUT2D eigenvalue weighted by Gasteiger charge is -2.34. The number of fused-ring (bicyclic) bond motifs is 3. The largest absolute Gasteiger partial charge is 0.208 e. The van der Waals surface area contributed by atoms with Crippen molar-refractivity contribution in [2.45, 2.75) is 5.41 Å². The van der Waals surface area contributed by atoms with Crippen LogP contribution in [0.3, 0.4) is 0 Å². The first-order valence-electron chi connectivity index (χ1n) is 20.8. The van der Waals surface area contributed by atoms with Crippen LogP contribution in [-0.4, -0.2) is 15.0 Å². The molecular formula is C58H39N3. The van der Waals surface area contributed by atoms with E-state index in [2.05, 4.69) is 200 Å². The van der Waals surface area contributed by atoms with E-state index < -0.39 is 5.41 Å². The number of nitrogens with zero attached hydrogens (tertiary/aromatic N) is 3. The van der Waals surface area contributed by atoms with E-state index in [0.717, 1.165) is 38.9 Å². The van der Waals surface area contributed by atoms with Gasteiger partial charge in [-0.05, 0) is 72.8 Å². The van der Waals surface area contributed by atoms with Gasteiger partial charge in [-0.25, -0.2) is 15.0 Å². The molecule has 286 valence electrons. The van der Waals surface area contributed by atoms with Crippen molar-refractivity contribution in [2.24, 2.45) is 0 Å². The maximum absolute atomic E-state index is 5.08. The molecule has 1 heterocycles. The van der Waals surface area contributed by atoms with Crippen molar-refractivity contribution in [1.29, 1.82) is 0 Å². The molecule has 0 unspecified atom stereocenters. The molecule has 0 N–H and O–H groups in total. The number of benzene rings is 9. The summed E-state index contributed by atoms with van der Waals surface area (Å²) in [6.45, 7) is 0. The quantitative estimate of drug-likeness (QED) is 0.154. The SMILES string of the molecule is c1ccc(-c2ccc(-c3ccc(-c4nc(-c5ccccc5)nc(-c5ccc(-c6ccc7c(c6)C(c6ccccc6)(c6ccccc6)c6ccccc6-7)cc5)n4)cc3)cc2)cc1. The molecule has 0 fully saturated rings. The molecule has 1 aromatic heterocycles. The zero-order valence-electron chi connectivity index (χ0n) is 33.4. The van der Waals surface area contributed by atoms with Crippen molar-refractivity contribution in [3.8, 4) is 78.7 Å². The minimum atomic E-state index is -0.454. The first-order chi connectivity index (χ1) is 30.2. The molecule has 0 spiro atoms. The first-order valence-corrected chi connectivity index (χ1v) is 20.8. The number of aromatic nitrogens is 3. The third-order valence-electron chi connectivity index (χ3n) is 12.1. The van der Waals surface area contributed by atoms with Crippen LogP contribution in [0.5, 0.6) is 0 Å². The highest BCUT2D eigenvalue weighted by molar-refractivity contribution is 5.88. The summed E-state index contributed by atoms with van der Waals surface area (Å²) in [7, 11) is 0. The molecule has 1 aliphatic carbocycles. The molecule has 0 saturated carbocycles. The van der Waals surface area contributed by atoms with E-state index >= 15 is 0 Å². The molecule has 0 atom stereocenters. The molecule has 61 heavy (non-hydrogen) atoms. The third kappa shape index (κ3) is 6.44. The Morgan fingerprint density at radius 1 is 0.230 bits per heavy atom. The topological polar surface area (TPSA) is 38.7 Å². The fourth-order valence-corrected chi connectivity index (χ4v) is 9.08. The lowest BCUT2D eigenvalue weighted by Crippen LogP contribution is -2.28. The summed E-state index contributed by atoms with van der Waals surface area (Å²) in [5.41, 5.74) is 17.0. The van der Waals surface area contributed by atoms with Crippen molar-refractivity contribution < 1.29 is 0 Å². The van der Waals surface area contributed by atoms with Gasteiger partial charge in [0.1, 0.15) is 0 Å². The lowest BCUT2D eigenvalue weighted by atomic mass is 9.67. The van der Waals surface area contributed by atoms with Gasteiger partial charge in [-0.15, -0.1) is 0 Å². The standard InChI is InChI=1S/C58H39N3/c1-5-15-40(16-6-1)41-25-27-42(28-26-41)43-29-33-46(34-30-43)56-59-55(45-17-7-2-8-18-45)60-57(61-56)47-35-31-44(32-36-47)48-37-38-52-51-23-13-14-24-53(51)58(54(52)39-48,49-19-9-3-10-20-49)50-21-11-4-12-22-50/h1-39H. The molecule has 0 saturated heterocycles. The van der Waals surface area contributed by atoms with Crippen LogP contribution in [0.2, 0.25) is 0 Å². The van der Waals surface area contributed by atoms with Gasteiger partial charge >= 0.3 is 0 Å². The minimum absolute atomic E-state index is 0.454. The second-order valence-electron chi connectivity index (χ2n) is 15.6. The average Bonchev–Trinajstić information content (AvgIpc) is 3.65. The Hall–Kier alpha value is -8.01. The Morgan fingerprint density at radius 2 is 0.541 bits per heavy atom. The molecule has 0 aliphatic heterocycles. The van der Waals surface area contributed by atoms with E-state index in [0.29, 0.717) is 17.5 Å². The molecule has 0 bridgehead atoms. The van der Waals surface area contributed by atoms with E-state index in [1.54, 1.807) is 0 Å². The van der Waals surface area contributed by atoms with E-state index in [1.165, 1.54) is 44.5 Å². The predicted molar refractivity (Wildman–Crippen MR) is 250 cm³/mol. The molecule has 10 aromatic rings. The lowest BCUT2D eigenvalue weighted by molar-refractivity contribution is 0.769. The van der Waals surface area contributed by atoms with Crippen molar-refractivity contribution in [3.63, 3.8) is 0 Å². The molecule has 11 rings (SSSR count). The maximum Gasteiger partial charge on any atom is 0.164 e. The normalized spacial score (nSPS) is 12.4. The van der Waals surface area contributed by atoms with E-state index in [4.69, 9.17) is 15.0 Å². The van der Waals surface area contributed by atoms with Crippen LogP contribution in [0.1, 0.15) is 22.3 Å². The van der Waals surface area contributed by atoms with Gasteiger partial charge < -0.3 is 0 Å². The van der Waals surface area contributed by atoms with E-state index in [9.17, 15) is 0 Å². The van der Waals surface area contributed by atoms with Crippen molar-refractivity contribution in [3.05, 3.63) is 259 Å². The van der Waals surface area contributed by atoms with Crippen LogP contribution in [0.25, 0.3) is 78.7 Å². The average molecular weight is 778 g/mol. The molecule has 3 nitrogen and oxygen atoms in total. The number of rotatable bonds is 8. The molecule has 1 aliphatic rings. The summed E-state index contributed by atoms with van der Waals surface area (Å²) in [5.74, 6) is 1.91. The van der Waals surface area contributed by atoms with Crippen LogP contribution in [0, 0.1) is 0 Å². The Morgan fingerprint density at radius 3 is 1.02 bits per heavy atom. The molecule has 3 heteroatoms. The first kappa shape index (κ1) is 36.1. The van der Waals surface area contributed by atoms with Gasteiger partial charge in [0.05, 0.1) is 5.41 Å². The number of hydrogen-bond acceptors (Lipinski definition) is 3. The van der Waals surface area contributed by atoms with Gasteiger partial charge in [-0.2, -0.15) is 0 Å². The van der Waals surface area contributed by atoms with Gasteiger partial charge in [0.15, 0.2) is 17.5 Å². The molecule has 0 amide bonds. The van der Waals surface area contributed by atoms with Gasteiger partial charge in [0.2, 0.25) is 0 Å².